The molecule has 0 aliphatic rings. The average molecular weight is 466 g/mol. The van der Waals surface area contributed by atoms with Crippen molar-refractivity contribution in [3.05, 3.63) is 119 Å². The summed E-state index contributed by atoms with van der Waals surface area (Å²) < 4.78 is 13.2. The Labute approximate surface area is 202 Å². The molecule has 1 amide bonds. The van der Waals surface area contributed by atoms with Gasteiger partial charge in [0.2, 0.25) is 0 Å². The molecule has 0 aliphatic carbocycles. The molecule has 2 aromatic carbocycles. The number of nitrogens with one attached hydrogen (secondary N) is 3. The molecule has 3 heterocycles. The van der Waals surface area contributed by atoms with Crippen LogP contribution in [0.2, 0.25) is 0 Å². The third kappa shape index (κ3) is 4.75. The zero-order valence-electron chi connectivity index (χ0n) is 19.3. The Morgan fingerprint density at radius 1 is 0.971 bits per heavy atom. The Bertz CT molecular complexity index is 1500. The Kier molecular flexibility index (Phi) is 5.97. The van der Waals surface area contributed by atoms with E-state index in [1.807, 2.05) is 68.4 Å². The van der Waals surface area contributed by atoms with Gasteiger partial charge in [-0.25, -0.2) is 9.37 Å². The van der Waals surface area contributed by atoms with Gasteiger partial charge in [0, 0.05) is 45.3 Å². The van der Waals surface area contributed by atoms with E-state index in [0.29, 0.717) is 11.3 Å². The van der Waals surface area contributed by atoms with Crippen molar-refractivity contribution < 1.29 is 9.18 Å². The second kappa shape index (κ2) is 9.38. The molecular weight excluding hydrogens is 441 g/mol. The number of hydrogen-bond acceptors (Lipinski definition) is 4. The van der Waals surface area contributed by atoms with Crippen LogP contribution in [0.5, 0.6) is 0 Å². The number of rotatable bonds is 6. The summed E-state index contributed by atoms with van der Waals surface area (Å²) >= 11 is 0. The fraction of sp³-hybridized carbons (Fsp3) is 0.107. The van der Waals surface area contributed by atoms with Crippen molar-refractivity contribution in [2.75, 3.05) is 10.6 Å². The summed E-state index contributed by atoms with van der Waals surface area (Å²) in [5.41, 5.74) is 5.72. The molecule has 1 atom stereocenters. The van der Waals surface area contributed by atoms with Gasteiger partial charge in [0.15, 0.2) is 0 Å². The van der Waals surface area contributed by atoms with E-state index in [0.717, 1.165) is 39.4 Å². The number of aryl methyl sites for hydroxylation is 2. The highest BCUT2D eigenvalue weighted by Gasteiger charge is 2.23. The number of H-pyrrole nitrogens is 1. The summed E-state index contributed by atoms with van der Waals surface area (Å²) in [6, 6.07) is 22.6. The summed E-state index contributed by atoms with van der Waals surface area (Å²) in [5, 5.41) is 7.42. The van der Waals surface area contributed by atoms with Crippen LogP contribution in [0, 0.1) is 19.7 Å². The first-order valence-electron chi connectivity index (χ1n) is 11.3. The van der Waals surface area contributed by atoms with Gasteiger partial charge in [-0.3, -0.25) is 9.78 Å². The third-order valence-electron chi connectivity index (χ3n) is 5.85. The standard InChI is InChI=1S/C28H24FN5O/c1-17-6-5-8-25(31-17)34-27(24-7-3-4-15-30-24)26-18(2)32-23-14-13-21(16-22(23)26)33-28(35)19-9-11-20(29)12-10-19/h3-16,27,32H,1-2H3,(H,31,34)(H,33,35)/t27-/m0/s1. The Hall–Kier alpha value is -4.52. The number of halogens is 1. The van der Waals surface area contributed by atoms with Gasteiger partial charge in [0.05, 0.1) is 11.7 Å². The number of anilines is 2. The second-order valence-electron chi connectivity index (χ2n) is 8.38. The molecule has 0 saturated carbocycles. The number of benzene rings is 2. The van der Waals surface area contributed by atoms with Crippen molar-refractivity contribution in [1.82, 2.24) is 15.0 Å². The quantitative estimate of drug-likeness (QED) is 0.280. The summed E-state index contributed by atoms with van der Waals surface area (Å²) in [6.45, 7) is 3.97. The largest absolute Gasteiger partial charge is 0.358 e. The van der Waals surface area contributed by atoms with E-state index in [2.05, 4.69) is 25.6 Å². The molecule has 35 heavy (non-hydrogen) atoms. The molecule has 0 spiro atoms. The van der Waals surface area contributed by atoms with Crippen LogP contribution in [0.3, 0.4) is 0 Å². The van der Waals surface area contributed by atoms with E-state index in [1.54, 1.807) is 6.20 Å². The van der Waals surface area contributed by atoms with E-state index in [-0.39, 0.29) is 17.8 Å². The molecule has 0 bridgehead atoms. The molecule has 5 rings (SSSR count). The minimum atomic E-state index is -0.383. The van der Waals surface area contributed by atoms with Crippen LogP contribution >= 0.6 is 0 Å². The van der Waals surface area contributed by atoms with E-state index in [4.69, 9.17) is 0 Å². The van der Waals surface area contributed by atoms with Gasteiger partial charge < -0.3 is 15.6 Å². The van der Waals surface area contributed by atoms with Crippen molar-refractivity contribution in [3.8, 4) is 0 Å². The fourth-order valence-corrected chi connectivity index (χ4v) is 4.21. The number of amides is 1. The van der Waals surface area contributed by atoms with Gasteiger partial charge in [-0.05, 0) is 80.6 Å². The third-order valence-corrected chi connectivity index (χ3v) is 5.85. The van der Waals surface area contributed by atoms with E-state index >= 15 is 0 Å². The summed E-state index contributed by atoms with van der Waals surface area (Å²) in [6.07, 6.45) is 1.77. The smallest absolute Gasteiger partial charge is 0.255 e. The van der Waals surface area contributed by atoms with Crippen LogP contribution in [-0.2, 0) is 0 Å². The number of fused-ring (bicyclic) bond motifs is 1. The molecule has 0 aliphatic heterocycles. The van der Waals surface area contributed by atoms with Gasteiger partial charge in [-0.1, -0.05) is 12.1 Å². The number of aromatic amines is 1. The van der Waals surface area contributed by atoms with Gasteiger partial charge in [-0.15, -0.1) is 0 Å². The molecule has 0 unspecified atom stereocenters. The number of pyridine rings is 2. The monoisotopic (exact) mass is 465 g/mol. The molecule has 3 aromatic heterocycles. The van der Waals surface area contributed by atoms with Crippen molar-refractivity contribution in [2.24, 2.45) is 0 Å². The topological polar surface area (TPSA) is 82.7 Å². The van der Waals surface area contributed by atoms with E-state index < -0.39 is 0 Å². The first-order chi connectivity index (χ1) is 17.0. The fourth-order valence-electron chi connectivity index (χ4n) is 4.21. The maximum absolute atomic E-state index is 13.2. The first kappa shape index (κ1) is 22.3. The van der Waals surface area contributed by atoms with Gasteiger partial charge in [0.1, 0.15) is 11.6 Å². The highest BCUT2D eigenvalue weighted by atomic mass is 19.1. The number of nitrogens with zero attached hydrogens (tertiary/aromatic N) is 2. The van der Waals surface area contributed by atoms with Crippen molar-refractivity contribution in [3.63, 3.8) is 0 Å². The maximum atomic E-state index is 13.2. The first-order valence-corrected chi connectivity index (χ1v) is 11.3. The molecule has 0 radical (unpaired) electrons. The summed E-state index contributed by atoms with van der Waals surface area (Å²) in [5.74, 6) is 0.0586. The molecule has 5 aromatic rings. The number of hydrogen-bond donors (Lipinski definition) is 3. The number of carbonyl (C=O) groups is 1. The Morgan fingerprint density at radius 3 is 2.54 bits per heavy atom. The molecule has 0 fully saturated rings. The molecular formula is C28H24FN5O. The highest BCUT2D eigenvalue weighted by molar-refractivity contribution is 6.05. The van der Waals surface area contributed by atoms with Gasteiger partial charge in [-0.2, -0.15) is 0 Å². The van der Waals surface area contributed by atoms with Crippen LogP contribution in [0.15, 0.2) is 85.1 Å². The van der Waals surface area contributed by atoms with Gasteiger partial charge >= 0.3 is 0 Å². The zero-order chi connectivity index (χ0) is 24.4. The maximum Gasteiger partial charge on any atom is 0.255 e. The lowest BCUT2D eigenvalue weighted by Crippen LogP contribution is -2.16. The zero-order valence-corrected chi connectivity index (χ0v) is 19.3. The molecule has 7 heteroatoms. The lowest BCUT2D eigenvalue weighted by molar-refractivity contribution is 0.102. The lowest BCUT2D eigenvalue weighted by Gasteiger charge is -2.20. The number of carbonyl (C=O) groups excluding carboxylic acids is 1. The van der Waals surface area contributed by atoms with Crippen LogP contribution in [0.25, 0.3) is 10.9 Å². The van der Waals surface area contributed by atoms with Crippen molar-refractivity contribution in [2.45, 2.75) is 19.9 Å². The van der Waals surface area contributed by atoms with Crippen LogP contribution in [0.4, 0.5) is 15.9 Å². The summed E-state index contributed by atoms with van der Waals surface area (Å²) in [4.78, 5) is 25.4. The molecule has 6 nitrogen and oxygen atoms in total. The van der Waals surface area contributed by atoms with E-state index in [1.165, 1.54) is 24.3 Å². The van der Waals surface area contributed by atoms with Crippen molar-refractivity contribution in [1.29, 1.82) is 0 Å². The minimum Gasteiger partial charge on any atom is -0.358 e. The highest BCUT2D eigenvalue weighted by Crippen LogP contribution is 2.35. The Balaban J connectivity index is 1.55. The molecule has 3 N–H and O–H groups in total. The molecule has 174 valence electrons. The predicted octanol–water partition coefficient (Wildman–Crippen LogP) is 6.17. The molecule has 0 saturated heterocycles. The van der Waals surface area contributed by atoms with Gasteiger partial charge in [0.25, 0.3) is 5.91 Å². The predicted molar refractivity (Wildman–Crippen MR) is 136 cm³/mol. The second-order valence-corrected chi connectivity index (χ2v) is 8.38. The van der Waals surface area contributed by atoms with Crippen LogP contribution in [0.1, 0.15) is 39.0 Å². The number of aromatic nitrogens is 3. The SMILES string of the molecule is Cc1cccc(N[C@@H](c2ccccn2)c2c(C)[nH]c3ccc(NC(=O)c4ccc(F)cc4)cc23)n1. The normalized spacial score (nSPS) is 11.9. The van der Waals surface area contributed by atoms with Crippen LogP contribution < -0.4 is 10.6 Å². The summed E-state index contributed by atoms with van der Waals surface area (Å²) in [7, 11) is 0. The van der Waals surface area contributed by atoms with Crippen LogP contribution in [-0.4, -0.2) is 20.9 Å². The van der Waals surface area contributed by atoms with E-state index in [9.17, 15) is 9.18 Å². The average Bonchev–Trinajstić information content (AvgIpc) is 3.18. The van der Waals surface area contributed by atoms with Crippen molar-refractivity contribution >= 4 is 28.3 Å². The minimum absolute atomic E-state index is 0.276. The lowest BCUT2D eigenvalue weighted by atomic mass is 9.99. The Morgan fingerprint density at radius 2 is 1.80 bits per heavy atom.